The summed E-state index contributed by atoms with van der Waals surface area (Å²) in [5.41, 5.74) is 3.88. The number of aliphatic imine (C=N–C) groups is 1. The lowest BCUT2D eigenvalue weighted by molar-refractivity contribution is 0.0514. The van der Waals surface area contributed by atoms with Crippen LogP contribution in [0.2, 0.25) is 0 Å². The van der Waals surface area contributed by atoms with Crippen LogP contribution in [0, 0.1) is 0 Å². The van der Waals surface area contributed by atoms with Crippen molar-refractivity contribution in [3.05, 3.63) is 89.7 Å². The van der Waals surface area contributed by atoms with Crippen LogP contribution in [0.1, 0.15) is 36.5 Å². The summed E-state index contributed by atoms with van der Waals surface area (Å²) in [5.74, 6) is 0.850. The van der Waals surface area contributed by atoms with Gasteiger partial charge in [0.2, 0.25) is 0 Å². The van der Waals surface area contributed by atoms with Crippen molar-refractivity contribution in [3.63, 3.8) is 0 Å². The highest BCUT2D eigenvalue weighted by atomic mass is 127. The van der Waals surface area contributed by atoms with Crippen molar-refractivity contribution < 1.29 is 4.74 Å². The molecule has 3 aromatic rings. The molecule has 1 fully saturated rings. The Morgan fingerprint density at radius 3 is 2.42 bits per heavy atom. The summed E-state index contributed by atoms with van der Waals surface area (Å²) in [4.78, 5) is 4.92. The zero-order valence-corrected chi connectivity index (χ0v) is 21.6. The molecule has 2 heterocycles. The Labute approximate surface area is 213 Å². The number of aromatic nitrogens is 2. The van der Waals surface area contributed by atoms with Crippen LogP contribution in [0.3, 0.4) is 0 Å². The fraction of sp³-hybridized carbons (Fsp3) is 0.385. The van der Waals surface area contributed by atoms with Crippen molar-refractivity contribution in [1.29, 1.82) is 0 Å². The van der Waals surface area contributed by atoms with Gasteiger partial charge in [-0.15, -0.1) is 24.0 Å². The normalized spacial score (nSPS) is 15.5. The van der Waals surface area contributed by atoms with E-state index in [-0.39, 0.29) is 29.4 Å². The zero-order valence-electron chi connectivity index (χ0n) is 19.2. The smallest absolute Gasteiger partial charge is 0.191 e. The number of nitrogens with one attached hydrogen (secondary N) is 2. The molecule has 33 heavy (non-hydrogen) atoms. The van der Waals surface area contributed by atoms with Gasteiger partial charge in [0.15, 0.2) is 5.96 Å². The number of ether oxygens (including phenoxy) is 1. The minimum atomic E-state index is 0. The third kappa shape index (κ3) is 6.80. The second-order valence-electron chi connectivity index (χ2n) is 8.28. The first kappa shape index (κ1) is 25.2. The van der Waals surface area contributed by atoms with E-state index in [4.69, 9.17) is 9.73 Å². The summed E-state index contributed by atoms with van der Waals surface area (Å²) in [7, 11) is 0. The second-order valence-corrected chi connectivity index (χ2v) is 8.28. The van der Waals surface area contributed by atoms with E-state index in [0.717, 1.165) is 51.6 Å². The highest BCUT2D eigenvalue weighted by Gasteiger charge is 2.34. The summed E-state index contributed by atoms with van der Waals surface area (Å²) in [6, 6.07) is 21.2. The van der Waals surface area contributed by atoms with E-state index >= 15 is 0 Å². The van der Waals surface area contributed by atoms with E-state index < -0.39 is 0 Å². The molecular formula is C26H34IN5O. The van der Waals surface area contributed by atoms with Gasteiger partial charge in [-0.1, -0.05) is 54.6 Å². The number of guanidine groups is 1. The highest BCUT2D eigenvalue weighted by molar-refractivity contribution is 14.0. The molecule has 7 heteroatoms. The minimum Gasteiger partial charge on any atom is -0.381 e. The SMILES string of the molecule is CCNC(=NCc1ccccc1Cn1cccn1)NCC1(c2ccccc2)CCOCC1.I. The van der Waals surface area contributed by atoms with Crippen molar-refractivity contribution >= 4 is 29.9 Å². The topological polar surface area (TPSA) is 63.5 Å². The van der Waals surface area contributed by atoms with Crippen molar-refractivity contribution in [2.45, 2.75) is 38.3 Å². The standard InChI is InChI=1S/C26H33N5O.HI/c1-2-27-25(28-19-22-9-6-7-10-23(22)20-31-16-8-15-30-31)29-21-26(13-17-32-18-14-26)24-11-4-3-5-12-24;/h3-12,15-16H,2,13-14,17-21H2,1H3,(H2,27,28,29);1H. The van der Waals surface area contributed by atoms with Crippen LogP contribution in [-0.2, 0) is 23.2 Å². The molecule has 1 aromatic heterocycles. The van der Waals surface area contributed by atoms with Crippen molar-refractivity contribution in [1.82, 2.24) is 20.4 Å². The molecule has 1 saturated heterocycles. The molecule has 0 atom stereocenters. The van der Waals surface area contributed by atoms with E-state index in [1.807, 2.05) is 23.1 Å². The maximum absolute atomic E-state index is 5.68. The van der Waals surface area contributed by atoms with E-state index in [2.05, 4.69) is 77.3 Å². The second kappa shape index (κ2) is 12.7. The third-order valence-electron chi connectivity index (χ3n) is 6.19. The molecule has 2 aromatic carbocycles. The van der Waals surface area contributed by atoms with Gasteiger partial charge in [-0.25, -0.2) is 4.99 Å². The Morgan fingerprint density at radius 2 is 1.73 bits per heavy atom. The van der Waals surface area contributed by atoms with Gasteiger partial charge < -0.3 is 15.4 Å². The number of halogens is 1. The maximum Gasteiger partial charge on any atom is 0.191 e. The van der Waals surface area contributed by atoms with E-state index in [1.54, 1.807) is 0 Å². The summed E-state index contributed by atoms with van der Waals surface area (Å²) in [5, 5.41) is 11.4. The monoisotopic (exact) mass is 559 g/mol. The lowest BCUT2D eigenvalue weighted by atomic mass is 9.74. The molecule has 0 bridgehead atoms. The van der Waals surface area contributed by atoms with Gasteiger partial charge in [-0.05, 0) is 42.5 Å². The van der Waals surface area contributed by atoms with Crippen LogP contribution in [0.15, 0.2) is 78.0 Å². The Bertz CT molecular complexity index is 985. The van der Waals surface area contributed by atoms with Gasteiger partial charge >= 0.3 is 0 Å². The molecule has 0 aliphatic carbocycles. The van der Waals surface area contributed by atoms with E-state index in [0.29, 0.717) is 6.54 Å². The molecule has 2 N–H and O–H groups in total. The van der Waals surface area contributed by atoms with Crippen LogP contribution in [0.5, 0.6) is 0 Å². The minimum absolute atomic E-state index is 0. The van der Waals surface area contributed by atoms with Gasteiger partial charge in [0.1, 0.15) is 0 Å². The fourth-order valence-electron chi connectivity index (χ4n) is 4.31. The van der Waals surface area contributed by atoms with Crippen LogP contribution in [-0.4, -0.2) is 42.0 Å². The molecule has 0 radical (unpaired) electrons. The van der Waals surface area contributed by atoms with Crippen molar-refractivity contribution in [2.75, 3.05) is 26.3 Å². The van der Waals surface area contributed by atoms with Gasteiger partial charge in [0.25, 0.3) is 0 Å². The Balaban J connectivity index is 0.00000306. The Kier molecular flexibility index (Phi) is 9.75. The Hall–Kier alpha value is -2.39. The highest BCUT2D eigenvalue weighted by Crippen LogP contribution is 2.34. The van der Waals surface area contributed by atoms with Crippen LogP contribution >= 0.6 is 24.0 Å². The predicted octanol–water partition coefficient (Wildman–Crippen LogP) is 4.35. The van der Waals surface area contributed by atoms with Gasteiger partial charge in [-0.3, -0.25) is 4.68 Å². The molecule has 176 valence electrons. The largest absolute Gasteiger partial charge is 0.381 e. The lowest BCUT2D eigenvalue weighted by Gasteiger charge is -2.38. The molecule has 1 aliphatic heterocycles. The summed E-state index contributed by atoms with van der Waals surface area (Å²) in [6.07, 6.45) is 5.82. The first-order valence-corrected chi connectivity index (χ1v) is 11.5. The third-order valence-corrected chi connectivity index (χ3v) is 6.19. The summed E-state index contributed by atoms with van der Waals surface area (Å²) >= 11 is 0. The molecule has 0 amide bonds. The first-order chi connectivity index (χ1) is 15.8. The number of benzene rings is 2. The molecule has 4 rings (SSSR count). The summed E-state index contributed by atoms with van der Waals surface area (Å²) < 4.78 is 7.63. The molecular weight excluding hydrogens is 525 g/mol. The van der Waals surface area contributed by atoms with E-state index in [1.165, 1.54) is 16.7 Å². The number of rotatable bonds is 8. The number of hydrogen-bond acceptors (Lipinski definition) is 3. The average Bonchev–Trinajstić information content (AvgIpc) is 3.36. The van der Waals surface area contributed by atoms with E-state index in [9.17, 15) is 0 Å². The van der Waals surface area contributed by atoms with Crippen LogP contribution < -0.4 is 10.6 Å². The van der Waals surface area contributed by atoms with Crippen LogP contribution in [0.4, 0.5) is 0 Å². The van der Waals surface area contributed by atoms with Crippen molar-refractivity contribution in [3.8, 4) is 0 Å². The Morgan fingerprint density at radius 1 is 1.00 bits per heavy atom. The number of nitrogens with zero attached hydrogens (tertiary/aromatic N) is 3. The predicted molar refractivity (Wildman–Crippen MR) is 144 cm³/mol. The fourth-order valence-corrected chi connectivity index (χ4v) is 4.31. The van der Waals surface area contributed by atoms with Gasteiger partial charge in [-0.2, -0.15) is 5.10 Å². The van der Waals surface area contributed by atoms with Crippen molar-refractivity contribution in [2.24, 2.45) is 4.99 Å². The average molecular weight is 559 g/mol. The molecule has 0 spiro atoms. The lowest BCUT2D eigenvalue weighted by Crippen LogP contribution is -2.48. The molecule has 0 saturated carbocycles. The first-order valence-electron chi connectivity index (χ1n) is 11.5. The maximum atomic E-state index is 5.68. The quantitative estimate of drug-likeness (QED) is 0.245. The van der Waals surface area contributed by atoms with Gasteiger partial charge in [0.05, 0.1) is 13.1 Å². The van der Waals surface area contributed by atoms with Crippen LogP contribution in [0.25, 0.3) is 0 Å². The number of hydrogen-bond donors (Lipinski definition) is 2. The summed E-state index contributed by atoms with van der Waals surface area (Å²) in [6.45, 7) is 6.72. The molecule has 1 aliphatic rings. The zero-order chi connectivity index (χ0) is 22.1. The van der Waals surface area contributed by atoms with Gasteiger partial charge in [0, 0.05) is 44.1 Å². The molecule has 6 nitrogen and oxygen atoms in total. The molecule has 0 unspecified atom stereocenters.